The van der Waals surface area contributed by atoms with Crippen molar-refractivity contribution in [1.82, 2.24) is 4.31 Å². The van der Waals surface area contributed by atoms with Crippen LogP contribution in [0.4, 0.5) is 8.78 Å². The van der Waals surface area contributed by atoms with Crippen LogP contribution in [0.1, 0.15) is 31.2 Å². The Hall–Kier alpha value is -1.83. The van der Waals surface area contributed by atoms with Gasteiger partial charge in [0.05, 0.1) is 5.60 Å². The zero-order chi connectivity index (χ0) is 18.5. The fraction of sp³-hybridized carbons (Fsp3) is 0.368. The van der Waals surface area contributed by atoms with Gasteiger partial charge in [0.25, 0.3) is 0 Å². The van der Waals surface area contributed by atoms with E-state index in [0.29, 0.717) is 18.4 Å². The number of hydrogen-bond acceptors (Lipinski definition) is 3. The molecule has 2 aromatic carbocycles. The topological polar surface area (TPSA) is 57.6 Å². The zero-order valence-electron chi connectivity index (χ0n) is 14.0. The maximum Gasteiger partial charge on any atom is 0.246 e. The van der Waals surface area contributed by atoms with Crippen LogP contribution in [0.2, 0.25) is 0 Å². The molecule has 0 aromatic heterocycles. The summed E-state index contributed by atoms with van der Waals surface area (Å²) in [6.45, 7) is 0. The Labute approximate surface area is 151 Å². The summed E-state index contributed by atoms with van der Waals surface area (Å²) in [5.41, 5.74) is -0.827. The number of rotatable bonds is 3. The average Bonchev–Trinajstić information content (AvgIpc) is 2.89. The summed E-state index contributed by atoms with van der Waals surface area (Å²) >= 11 is 0. The van der Waals surface area contributed by atoms with E-state index in [0.717, 1.165) is 6.07 Å². The highest BCUT2D eigenvalue weighted by molar-refractivity contribution is 7.89. The van der Waals surface area contributed by atoms with Gasteiger partial charge in [0.15, 0.2) is 0 Å². The standard InChI is InChI=1S/C19H19F2NO3S/c20-14-5-3-4-13(10-14)19(23)11-15-8-9-16(12-19)22(15)26(24,25)18-7-2-1-6-17(18)21/h1-7,10,15-16,23H,8-9,11-12H2. The first-order valence-electron chi connectivity index (χ1n) is 8.58. The summed E-state index contributed by atoms with van der Waals surface area (Å²) in [4.78, 5) is -0.340. The molecule has 0 aliphatic carbocycles. The number of fused-ring (bicyclic) bond motifs is 2. The molecule has 0 spiro atoms. The van der Waals surface area contributed by atoms with E-state index in [-0.39, 0.29) is 17.7 Å². The van der Waals surface area contributed by atoms with Crippen molar-refractivity contribution in [2.45, 2.75) is 48.3 Å². The first-order valence-corrected chi connectivity index (χ1v) is 10.0. The Morgan fingerprint density at radius 1 is 1.00 bits per heavy atom. The minimum absolute atomic E-state index is 0.167. The fourth-order valence-electron chi connectivity index (χ4n) is 4.36. The predicted molar refractivity (Wildman–Crippen MR) is 91.8 cm³/mol. The van der Waals surface area contributed by atoms with Crippen LogP contribution in [0.15, 0.2) is 53.4 Å². The highest BCUT2D eigenvalue weighted by Crippen LogP contribution is 2.48. The van der Waals surface area contributed by atoms with E-state index in [1.807, 2.05) is 0 Å². The third-order valence-corrected chi connectivity index (χ3v) is 7.49. The Morgan fingerprint density at radius 2 is 1.65 bits per heavy atom. The first-order chi connectivity index (χ1) is 12.3. The van der Waals surface area contributed by atoms with Crippen LogP contribution in [-0.2, 0) is 15.6 Å². The second-order valence-corrected chi connectivity index (χ2v) is 8.91. The molecule has 26 heavy (non-hydrogen) atoms. The number of halogens is 2. The first kappa shape index (κ1) is 17.6. The Morgan fingerprint density at radius 3 is 2.27 bits per heavy atom. The molecule has 2 aliphatic heterocycles. The molecule has 2 unspecified atom stereocenters. The quantitative estimate of drug-likeness (QED) is 0.891. The number of sulfonamides is 1. The van der Waals surface area contributed by atoms with Gasteiger partial charge in [-0.05, 0) is 55.5 Å². The van der Waals surface area contributed by atoms with Gasteiger partial charge in [-0.3, -0.25) is 0 Å². The van der Waals surface area contributed by atoms with Crippen molar-refractivity contribution >= 4 is 10.0 Å². The van der Waals surface area contributed by atoms with Gasteiger partial charge in [-0.1, -0.05) is 24.3 Å². The summed E-state index contributed by atoms with van der Waals surface area (Å²) < 4.78 is 55.0. The van der Waals surface area contributed by atoms with Crippen molar-refractivity contribution < 1.29 is 22.3 Å². The van der Waals surface area contributed by atoms with E-state index < -0.39 is 39.3 Å². The van der Waals surface area contributed by atoms with Gasteiger partial charge in [-0.15, -0.1) is 0 Å². The Bertz CT molecular complexity index is 933. The molecule has 2 heterocycles. The number of benzene rings is 2. The molecule has 2 aliphatic rings. The van der Waals surface area contributed by atoms with Crippen molar-refractivity contribution in [2.75, 3.05) is 0 Å². The highest BCUT2D eigenvalue weighted by Gasteiger charge is 2.53. The maximum atomic E-state index is 14.1. The van der Waals surface area contributed by atoms with Gasteiger partial charge in [0, 0.05) is 12.1 Å². The van der Waals surface area contributed by atoms with Crippen molar-refractivity contribution in [2.24, 2.45) is 0 Å². The van der Waals surface area contributed by atoms with E-state index in [2.05, 4.69) is 0 Å². The third-order valence-electron chi connectivity index (χ3n) is 5.45. The van der Waals surface area contributed by atoms with Crippen LogP contribution in [0.5, 0.6) is 0 Å². The molecule has 4 nitrogen and oxygen atoms in total. The Balaban J connectivity index is 1.69. The number of aliphatic hydroxyl groups is 1. The van der Waals surface area contributed by atoms with Crippen molar-refractivity contribution in [3.05, 3.63) is 65.7 Å². The van der Waals surface area contributed by atoms with Gasteiger partial charge >= 0.3 is 0 Å². The largest absolute Gasteiger partial charge is 0.385 e. The fourth-order valence-corrected chi connectivity index (χ4v) is 6.30. The number of hydrogen-bond donors (Lipinski definition) is 1. The molecule has 0 amide bonds. The molecule has 2 bridgehead atoms. The van der Waals surface area contributed by atoms with Crippen molar-refractivity contribution in [3.8, 4) is 0 Å². The van der Waals surface area contributed by atoms with Crippen LogP contribution in [-0.4, -0.2) is 29.9 Å². The highest BCUT2D eigenvalue weighted by atomic mass is 32.2. The van der Waals surface area contributed by atoms with Crippen LogP contribution < -0.4 is 0 Å². The lowest BCUT2D eigenvalue weighted by Crippen LogP contribution is -2.52. The number of nitrogens with zero attached hydrogens (tertiary/aromatic N) is 1. The molecule has 4 rings (SSSR count). The SMILES string of the molecule is O=S(=O)(c1ccccc1F)N1C2CCC1CC(O)(c1cccc(F)c1)C2. The molecule has 138 valence electrons. The molecule has 0 radical (unpaired) electrons. The van der Waals surface area contributed by atoms with Crippen LogP contribution in [0.25, 0.3) is 0 Å². The van der Waals surface area contributed by atoms with E-state index in [9.17, 15) is 22.3 Å². The smallest absolute Gasteiger partial charge is 0.246 e. The van der Waals surface area contributed by atoms with Gasteiger partial charge in [-0.25, -0.2) is 17.2 Å². The lowest BCUT2D eigenvalue weighted by atomic mass is 9.81. The molecular formula is C19H19F2NO3S. The molecule has 2 aromatic rings. The molecule has 2 saturated heterocycles. The van der Waals surface area contributed by atoms with Gasteiger partial charge < -0.3 is 5.11 Å². The molecule has 2 atom stereocenters. The summed E-state index contributed by atoms with van der Waals surface area (Å²) in [7, 11) is -4.00. The van der Waals surface area contributed by atoms with Crippen molar-refractivity contribution in [1.29, 1.82) is 0 Å². The van der Waals surface area contributed by atoms with Crippen LogP contribution in [0.3, 0.4) is 0 Å². The lowest BCUT2D eigenvalue weighted by Gasteiger charge is -2.43. The molecule has 7 heteroatoms. The van der Waals surface area contributed by atoms with Gasteiger partial charge in [0.2, 0.25) is 10.0 Å². The normalized spacial score (nSPS) is 29.0. The average molecular weight is 379 g/mol. The van der Waals surface area contributed by atoms with Crippen molar-refractivity contribution in [3.63, 3.8) is 0 Å². The summed E-state index contributed by atoms with van der Waals surface area (Å²) in [6, 6.07) is 10.2. The molecule has 0 saturated carbocycles. The van der Waals surface area contributed by atoms with E-state index in [1.165, 1.54) is 40.7 Å². The lowest BCUT2D eigenvalue weighted by molar-refractivity contribution is -0.0342. The van der Waals surface area contributed by atoms with E-state index in [4.69, 9.17) is 0 Å². The summed E-state index contributed by atoms with van der Waals surface area (Å²) in [5.74, 6) is -1.22. The second-order valence-electron chi connectivity index (χ2n) is 7.10. The number of piperidine rings is 1. The minimum atomic E-state index is -4.00. The maximum absolute atomic E-state index is 14.1. The summed E-state index contributed by atoms with van der Waals surface area (Å²) in [6.07, 6.45) is 1.52. The second kappa shape index (κ2) is 6.11. The third kappa shape index (κ3) is 2.74. The van der Waals surface area contributed by atoms with E-state index in [1.54, 1.807) is 6.07 Å². The molecule has 2 fully saturated rings. The van der Waals surface area contributed by atoms with Gasteiger partial charge in [0.1, 0.15) is 16.5 Å². The Kier molecular flexibility index (Phi) is 4.13. The predicted octanol–water partition coefficient (Wildman–Crippen LogP) is 3.17. The summed E-state index contributed by atoms with van der Waals surface area (Å²) in [5, 5.41) is 11.1. The molecular weight excluding hydrogens is 360 g/mol. The van der Waals surface area contributed by atoms with Gasteiger partial charge in [-0.2, -0.15) is 4.31 Å². The van der Waals surface area contributed by atoms with Crippen LogP contribution in [0, 0.1) is 11.6 Å². The monoisotopic (exact) mass is 379 g/mol. The molecule has 1 N–H and O–H groups in total. The minimum Gasteiger partial charge on any atom is -0.385 e. The van der Waals surface area contributed by atoms with Crippen LogP contribution >= 0.6 is 0 Å². The zero-order valence-corrected chi connectivity index (χ0v) is 14.8. The van der Waals surface area contributed by atoms with E-state index >= 15 is 0 Å².